The largest absolute Gasteiger partial charge is 0.327 e. The second kappa shape index (κ2) is 4.87. The van der Waals surface area contributed by atoms with E-state index >= 15 is 0 Å². The summed E-state index contributed by atoms with van der Waals surface area (Å²) in [5.41, 5.74) is 14.0. The molecule has 0 aliphatic heterocycles. The Balaban J connectivity index is 1.83. The standard InChI is InChI=1S/C23H35N/c1-14-11-15(2)20-16(12-14)13-18-22(5)10-8-19(24)21(3,4)17(22)7-9-23(18,20)6/h11-12,17-19H,7-10,13,24H2,1-6H3/t17-,18+,19+,22-,23+/m1/s1. The molecule has 1 aromatic rings. The van der Waals surface area contributed by atoms with Gasteiger partial charge in [0.05, 0.1) is 0 Å². The van der Waals surface area contributed by atoms with Crippen molar-refractivity contribution >= 4 is 0 Å². The number of hydrogen-bond donors (Lipinski definition) is 1. The minimum Gasteiger partial charge on any atom is -0.327 e. The van der Waals surface area contributed by atoms with Crippen LogP contribution in [0.2, 0.25) is 0 Å². The van der Waals surface area contributed by atoms with Gasteiger partial charge < -0.3 is 5.73 Å². The van der Waals surface area contributed by atoms with Gasteiger partial charge in [-0.3, -0.25) is 0 Å². The van der Waals surface area contributed by atoms with E-state index in [-0.39, 0.29) is 5.41 Å². The molecule has 1 heteroatoms. The van der Waals surface area contributed by atoms with Gasteiger partial charge in [0.25, 0.3) is 0 Å². The Kier molecular flexibility index (Phi) is 3.38. The van der Waals surface area contributed by atoms with E-state index in [1.54, 1.807) is 11.1 Å². The summed E-state index contributed by atoms with van der Waals surface area (Å²) in [6.07, 6.45) is 6.48. The van der Waals surface area contributed by atoms with E-state index in [4.69, 9.17) is 5.73 Å². The number of nitrogens with two attached hydrogens (primary N) is 1. The number of hydrogen-bond acceptors (Lipinski definition) is 1. The lowest BCUT2D eigenvalue weighted by molar-refractivity contribution is -0.107. The van der Waals surface area contributed by atoms with Crippen molar-refractivity contribution in [3.05, 3.63) is 34.4 Å². The topological polar surface area (TPSA) is 26.0 Å². The van der Waals surface area contributed by atoms with E-state index in [2.05, 4.69) is 53.7 Å². The van der Waals surface area contributed by atoms with Crippen molar-refractivity contribution in [2.75, 3.05) is 0 Å². The first-order chi connectivity index (χ1) is 11.1. The lowest BCUT2D eigenvalue weighted by Gasteiger charge is -2.62. The highest BCUT2D eigenvalue weighted by Gasteiger charge is 2.62. The Morgan fingerprint density at radius 2 is 1.67 bits per heavy atom. The van der Waals surface area contributed by atoms with Gasteiger partial charge in [0.15, 0.2) is 0 Å². The van der Waals surface area contributed by atoms with Crippen LogP contribution in [0.1, 0.15) is 75.6 Å². The molecule has 0 aromatic heterocycles. The maximum absolute atomic E-state index is 6.58. The average molecular weight is 326 g/mol. The molecule has 132 valence electrons. The molecule has 0 radical (unpaired) electrons. The van der Waals surface area contributed by atoms with E-state index in [1.165, 1.54) is 43.2 Å². The van der Waals surface area contributed by atoms with Gasteiger partial charge in [0.2, 0.25) is 0 Å². The number of aryl methyl sites for hydroxylation is 2. The SMILES string of the molecule is Cc1cc(C)c2c(c1)C[C@H]1[C@]3(C)CC[C@H](N)C(C)(C)[C@H]3CC[C@]21C. The summed E-state index contributed by atoms with van der Waals surface area (Å²) in [5, 5.41) is 0. The molecule has 4 rings (SSSR count). The molecule has 2 saturated carbocycles. The second-order valence-corrected chi connectivity index (χ2v) is 10.4. The molecule has 1 aromatic carbocycles. The maximum Gasteiger partial charge on any atom is 0.00933 e. The predicted octanol–water partition coefficient (Wildman–Crippen LogP) is 5.30. The highest BCUT2D eigenvalue weighted by Crippen LogP contribution is 2.67. The van der Waals surface area contributed by atoms with Gasteiger partial charge >= 0.3 is 0 Å². The van der Waals surface area contributed by atoms with Crippen molar-refractivity contribution in [3.8, 4) is 0 Å². The lowest BCUT2D eigenvalue weighted by Crippen LogP contribution is -2.60. The smallest absolute Gasteiger partial charge is 0.00933 e. The molecule has 2 N–H and O–H groups in total. The highest BCUT2D eigenvalue weighted by atomic mass is 14.8. The van der Waals surface area contributed by atoms with Crippen LogP contribution in [-0.4, -0.2) is 6.04 Å². The van der Waals surface area contributed by atoms with Crippen molar-refractivity contribution in [2.24, 2.45) is 28.4 Å². The summed E-state index contributed by atoms with van der Waals surface area (Å²) < 4.78 is 0. The normalized spacial score (nSPS) is 43.0. The maximum atomic E-state index is 6.58. The highest BCUT2D eigenvalue weighted by molar-refractivity contribution is 5.49. The molecule has 5 atom stereocenters. The monoisotopic (exact) mass is 325 g/mol. The van der Waals surface area contributed by atoms with Gasteiger partial charge in [0.1, 0.15) is 0 Å². The van der Waals surface area contributed by atoms with Crippen LogP contribution >= 0.6 is 0 Å². The van der Waals surface area contributed by atoms with Gasteiger partial charge in [-0.1, -0.05) is 45.4 Å². The lowest BCUT2D eigenvalue weighted by atomic mass is 9.42. The fourth-order valence-electron chi connectivity index (χ4n) is 7.60. The van der Waals surface area contributed by atoms with Crippen molar-refractivity contribution in [2.45, 2.75) is 85.1 Å². The molecule has 2 fully saturated rings. The van der Waals surface area contributed by atoms with Crippen molar-refractivity contribution in [1.29, 1.82) is 0 Å². The molecule has 0 bridgehead atoms. The summed E-state index contributed by atoms with van der Waals surface area (Å²) in [4.78, 5) is 0. The summed E-state index contributed by atoms with van der Waals surface area (Å²) in [5.74, 6) is 1.55. The fraction of sp³-hybridized carbons (Fsp3) is 0.739. The molecular formula is C23H35N. The third-order valence-corrected chi connectivity index (χ3v) is 8.72. The van der Waals surface area contributed by atoms with Crippen LogP contribution in [0, 0.1) is 36.5 Å². The first kappa shape index (κ1) is 16.6. The Morgan fingerprint density at radius 3 is 2.38 bits per heavy atom. The first-order valence-corrected chi connectivity index (χ1v) is 9.97. The van der Waals surface area contributed by atoms with E-state index < -0.39 is 0 Å². The van der Waals surface area contributed by atoms with Gasteiger partial charge in [-0.25, -0.2) is 0 Å². The molecular weight excluding hydrogens is 290 g/mol. The second-order valence-electron chi connectivity index (χ2n) is 10.4. The average Bonchev–Trinajstić information content (AvgIpc) is 2.77. The van der Waals surface area contributed by atoms with Crippen molar-refractivity contribution in [1.82, 2.24) is 0 Å². The number of rotatable bonds is 0. The molecule has 0 spiro atoms. The Bertz CT molecular complexity index is 688. The Hall–Kier alpha value is -0.820. The van der Waals surface area contributed by atoms with Gasteiger partial charge in [-0.2, -0.15) is 0 Å². The third kappa shape index (κ3) is 1.91. The Morgan fingerprint density at radius 1 is 0.958 bits per heavy atom. The predicted molar refractivity (Wildman–Crippen MR) is 102 cm³/mol. The van der Waals surface area contributed by atoms with E-state index in [0.29, 0.717) is 16.9 Å². The molecule has 24 heavy (non-hydrogen) atoms. The van der Waals surface area contributed by atoms with Gasteiger partial charge in [0, 0.05) is 6.04 Å². The van der Waals surface area contributed by atoms with E-state index in [0.717, 1.165) is 11.8 Å². The molecule has 3 aliphatic rings. The molecule has 0 unspecified atom stereocenters. The van der Waals surface area contributed by atoms with Crippen LogP contribution in [0.3, 0.4) is 0 Å². The summed E-state index contributed by atoms with van der Waals surface area (Å²) in [6.45, 7) is 14.7. The van der Waals surface area contributed by atoms with Crippen LogP contribution in [0.15, 0.2) is 12.1 Å². The zero-order valence-corrected chi connectivity index (χ0v) is 16.5. The summed E-state index contributed by atoms with van der Waals surface area (Å²) in [7, 11) is 0. The van der Waals surface area contributed by atoms with Crippen LogP contribution < -0.4 is 5.73 Å². The molecule has 0 heterocycles. The van der Waals surface area contributed by atoms with Crippen molar-refractivity contribution in [3.63, 3.8) is 0 Å². The van der Waals surface area contributed by atoms with Gasteiger partial charge in [-0.15, -0.1) is 0 Å². The molecule has 0 saturated heterocycles. The van der Waals surface area contributed by atoms with Crippen LogP contribution in [-0.2, 0) is 11.8 Å². The van der Waals surface area contributed by atoms with Crippen LogP contribution in [0.4, 0.5) is 0 Å². The van der Waals surface area contributed by atoms with Crippen LogP contribution in [0.5, 0.6) is 0 Å². The Labute approximate surface area is 148 Å². The quantitative estimate of drug-likeness (QED) is 0.688. The molecule has 3 aliphatic carbocycles. The third-order valence-electron chi connectivity index (χ3n) is 8.72. The zero-order chi connectivity index (χ0) is 17.5. The van der Waals surface area contributed by atoms with E-state index in [9.17, 15) is 0 Å². The summed E-state index contributed by atoms with van der Waals surface area (Å²) in [6, 6.07) is 5.25. The number of fused-ring (bicyclic) bond motifs is 5. The molecule has 0 amide bonds. The fourth-order valence-corrected chi connectivity index (χ4v) is 7.60. The van der Waals surface area contributed by atoms with Crippen molar-refractivity contribution < 1.29 is 0 Å². The number of benzene rings is 1. The van der Waals surface area contributed by atoms with Gasteiger partial charge in [-0.05, 0) is 90.7 Å². The minimum absolute atomic E-state index is 0.272. The first-order valence-electron chi connectivity index (χ1n) is 9.97. The van der Waals surface area contributed by atoms with Crippen LogP contribution in [0.25, 0.3) is 0 Å². The minimum atomic E-state index is 0.272. The zero-order valence-electron chi connectivity index (χ0n) is 16.5. The molecule has 1 nitrogen and oxygen atoms in total. The van der Waals surface area contributed by atoms with E-state index in [1.807, 2.05) is 0 Å². The summed E-state index contributed by atoms with van der Waals surface area (Å²) >= 11 is 0.